The van der Waals surface area contributed by atoms with Gasteiger partial charge in [-0.3, -0.25) is 0 Å². The fourth-order valence-corrected chi connectivity index (χ4v) is 2.32. The number of halogens is 2. The molecule has 0 aliphatic rings. The van der Waals surface area contributed by atoms with Gasteiger partial charge in [-0.2, -0.15) is 0 Å². The second-order valence-electron chi connectivity index (χ2n) is 5.36. The molecule has 0 atom stereocenters. The summed E-state index contributed by atoms with van der Waals surface area (Å²) in [6, 6.07) is 9.44. The summed E-state index contributed by atoms with van der Waals surface area (Å²) >= 11 is 0. The Balaban J connectivity index is 2.59. The largest absolute Gasteiger partial charge is 0.207 e. The van der Waals surface area contributed by atoms with Gasteiger partial charge in [-0.15, -0.1) is 0 Å². The van der Waals surface area contributed by atoms with Crippen molar-refractivity contribution in [2.75, 3.05) is 0 Å². The van der Waals surface area contributed by atoms with Gasteiger partial charge in [0.2, 0.25) is 0 Å². The van der Waals surface area contributed by atoms with Crippen LogP contribution < -0.4 is 0 Å². The van der Waals surface area contributed by atoms with E-state index in [1.54, 1.807) is 0 Å². The van der Waals surface area contributed by atoms with Crippen LogP contribution in [-0.2, 0) is 0 Å². The van der Waals surface area contributed by atoms with E-state index in [9.17, 15) is 8.78 Å². The molecule has 0 heterocycles. The molecule has 0 amide bonds. The maximum absolute atomic E-state index is 13.9. The third kappa shape index (κ3) is 2.79. The van der Waals surface area contributed by atoms with Crippen molar-refractivity contribution in [1.82, 2.24) is 0 Å². The highest BCUT2D eigenvalue weighted by atomic mass is 19.1. The molecule has 0 radical (unpaired) electrons. The van der Waals surface area contributed by atoms with Gasteiger partial charge in [-0.1, -0.05) is 38.1 Å². The van der Waals surface area contributed by atoms with Crippen LogP contribution in [-0.4, -0.2) is 0 Å². The molecular weight excluding hydrogens is 254 g/mol. The van der Waals surface area contributed by atoms with Crippen LogP contribution in [0.2, 0.25) is 0 Å². The second-order valence-corrected chi connectivity index (χ2v) is 5.36. The Bertz CT molecular complexity index is 654. The lowest BCUT2D eigenvalue weighted by Gasteiger charge is -2.15. The SMILES string of the molecule is C=C(C)c1cc(-c2ccc(F)cc2F)ccc1C(C)C. The lowest BCUT2D eigenvalue weighted by molar-refractivity contribution is 0.585. The van der Waals surface area contributed by atoms with Crippen LogP contribution in [0.15, 0.2) is 43.0 Å². The summed E-state index contributed by atoms with van der Waals surface area (Å²) in [7, 11) is 0. The van der Waals surface area contributed by atoms with E-state index in [-0.39, 0.29) is 0 Å². The lowest BCUT2D eigenvalue weighted by atomic mass is 9.90. The van der Waals surface area contributed by atoms with Gasteiger partial charge in [0.25, 0.3) is 0 Å². The molecule has 0 unspecified atom stereocenters. The summed E-state index contributed by atoms with van der Waals surface area (Å²) in [5, 5.41) is 0. The number of rotatable bonds is 3. The average Bonchev–Trinajstić information content (AvgIpc) is 2.37. The zero-order valence-corrected chi connectivity index (χ0v) is 12.0. The summed E-state index contributed by atoms with van der Waals surface area (Å²) in [4.78, 5) is 0. The first-order chi connectivity index (χ1) is 9.40. The van der Waals surface area contributed by atoms with Gasteiger partial charge in [-0.05, 0) is 47.7 Å². The van der Waals surface area contributed by atoms with Crippen LogP contribution in [0.25, 0.3) is 16.7 Å². The molecule has 0 bridgehead atoms. The normalized spacial score (nSPS) is 10.9. The van der Waals surface area contributed by atoms with Crippen molar-refractivity contribution in [2.45, 2.75) is 26.7 Å². The van der Waals surface area contributed by atoms with E-state index in [0.717, 1.165) is 22.8 Å². The molecule has 0 nitrogen and oxygen atoms in total. The highest BCUT2D eigenvalue weighted by molar-refractivity contribution is 5.73. The van der Waals surface area contributed by atoms with E-state index in [1.807, 2.05) is 25.1 Å². The maximum Gasteiger partial charge on any atom is 0.133 e. The van der Waals surface area contributed by atoms with Gasteiger partial charge in [0.1, 0.15) is 11.6 Å². The maximum atomic E-state index is 13.9. The van der Waals surface area contributed by atoms with E-state index >= 15 is 0 Å². The number of hydrogen-bond acceptors (Lipinski definition) is 0. The van der Waals surface area contributed by atoms with Crippen molar-refractivity contribution in [3.63, 3.8) is 0 Å². The van der Waals surface area contributed by atoms with Crippen molar-refractivity contribution in [3.8, 4) is 11.1 Å². The molecule has 0 aliphatic carbocycles. The Kier molecular flexibility index (Phi) is 4.03. The quantitative estimate of drug-likeness (QED) is 0.663. The first-order valence-electron chi connectivity index (χ1n) is 6.65. The van der Waals surface area contributed by atoms with Crippen LogP contribution in [0.1, 0.15) is 37.8 Å². The highest BCUT2D eigenvalue weighted by Crippen LogP contribution is 2.31. The topological polar surface area (TPSA) is 0 Å². The first kappa shape index (κ1) is 14.4. The number of allylic oxidation sites excluding steroid dienone is 1. The van der Waals surface area contributed by atoms with Crippen molar-refractivity contribution < 1.29 is 8.78 Å². The molecule has 0 fully saturated rings. The van der Waals surface area contributed by atoms with Crippen LogP contribution in [0.3, 0.4) is 0 Å². The van der Waals surface area contributed by atoms with Crippen molar-refractivity contribution >= 4 is 5.57 Å². The molecule has 0 aromatic heterocycles. The summed E-state index contributed by atoms with van der Waals surface area (Å²) < 4.78 is 26.9. The van der Waals surface area contributed by atoms with Crippen LogP contribution >= 0.6 is 0 Å². The molecule has 0 aliphatic heterocycles. The molecule has 0 saturated carbocycles. The van der Waals surface area contributed by atoms with E-state index < -0.39 is 11.6 Å². The first-order valence-corrected chi connectivity index (χ1v) is 6.65. The fourth-order valence-electron chi connectivity index (χ4n) is 2.32. The second kappa shape index (κ2) is 5.58. The Morgan fingerprint density at radius 2 is 1.75 bits per heavy atom. The molecule has 2 heteroatoms. The zero-order chi connectivity index (χ0) is 14.9. The summed E-state index contributed by atoms with van der Waals surface area (Å²) in [6.45, 7) is 10.1. The molecule has 20 heavy (non-hydrogen) atoms. The molecular formula is C18H18F2. The molecule has 0 N–H and O–H groups in total. The Hall–Kier alpha value is -1.96. The standard InChI is InChI=1S/C18H18F2/c1-11(2)15-7-5-13(9-17(15)12(3)4)16-8-6-14(19)10-18(16)20/h5-11H,3H2,1-2,4H3. The average molecular weight is 272 g/mol. The van der Waals surface area contributed by atoms with Crippen molar-refractivity contribution in [1.29, 1.82) is 0 Å². The third-order valence-electron chi connectivity index (χ3n) is 3.38. The number of benzene rings is 2. The van der Waals surface area contributed by atoms with Gasteiger partial charge >= 0.3 is 0 Å². The van der Waals surface area contributed by atoms with Gasteiger partial charge < -0.3 is 0 Å². The zero-order valence-electron chi connectivity index (χ0n) is 12.0. The molecule has 2 aromatic carbocycles. The fraction of sp³-hybridized carbons (Fsp3) is 0.222. The van der Waals surface area contributed by atoms with Gasteiger partial charge in [0.05, 0.1) is 0 Å². The van der Waals surface area contributed by atoms with Gasteiger partial charge in [0, 0.05) is 11.6 Å². The minimum absolute atomic E-state index is 0.369. The van der Waals surface area contributed by atoms with Crippen LogP contribution in [0.5, 0.6) is 0 Å². The van der Waals surface area contributed by atoms with E-state index in [1.165, 1.54) is 17.7 Å². The van der Waals surface area contributed by atoms with Gasteiger partial charge in [0.15, 0.2) is 0 Å². The van der Waals surface area contributed by atoms with E-state index in [2.05, 4.69) is 20.4 Å². The molecule has 0 spiro atoms. The predicted octanol–water partition coefficient (Wildman–Crippen LogP) is 5.79. The van der Waals surface area contributed by atoms with Crippen molar-refractivity contribution in [3.05, 3.63) is 65.7 Å². The lowest BCUT2D eigenvalue weighted by Crippen LogP contribution is -1.96. The Morgan fingerprint density at radius 3 is 2.30 bits per heavy atom. The minimum atomic E-state index is -0.565. The summed E-state index contributed by atoms with van der Waals surface area (Å²) in [6.07, 6.45) is 0. The molecule has 2 rings (SSSR count). The van der Waals surface area contributed by atoms with Crippen LogP contribution in [0.4, 0.5) is 8.78 Å². The summed E-state index contributed by atoms with van der Waals surface area (Å²) in [5.74, 6) is -0.742. The molecule has 2 aromatic rings. The van der Waals surface area contributed by atoms with E-state index in [0.29, 0.717) is 11.5 Å². The highest BCUT2D eigenvalue weighted by Gasteiger charge is 2.12. The predicted molar refractivity (Wildman–Crippen MR) is 80.6 cm³/mol. The molecule has 104 valence electrons. The number of hydrogen-bond donors (Lipinski definition) is 0. The molecule has 0 saturated heterocycles. The van der Waals surface area contributed by atoms with Crippen LogP contribution in [0, 0.1) is 11.6 Å². The van der Waals surface area contributed by atoms with Gasteiger partial charge in [-0.25, -0.2) is 8.78 Å². The van der Waals surface area contributed by atoms with E-state index in [4.69, 9.17) is 0 Å². The minimum Gasteiger partial charge on any atom is -0.207 e. The third-order valence-corrected chi connectivity index (χ3v) is 3.38. The Labute approximate surface area is 118 Å². The smallest absolute Gasteiger partial charge is 0.133 e. The van der Waals surface area contributed by atoms with Crippen molar-refractivity contribution in [2.24, 2.45) is 0 Å². The Morgan fingerprint density at radius 1 is 1.05 bits per heavy atom. The summed E-state index contributed by atoms with van der Waals surface area (Å²) in [5.41, 5.74) is 4.30. The monoisotopic (exact) mass is 272 g/mol.